The minimum atomic E-state index is -4.16. The Morgan fingerprint density at radius 1 is 1.24 bits per heavy atom. The number of nitrogens with zero attached hydrogens (tertiary/aromatic N) is 1. The van der Waals surface area contributed by atoms with Crippen LogP contribution in [0.15, 0.2) is 36.4 Å². The molecule has 21 heavy (non-hydrogen) atoms. The fourth-order valence-corrected chi connectivity index (χ4v) is 1.32. The molecule has 1 heterocycles. The number of H-pyrrole nitrogens is 1. The third-order valence-corrected chi connectivity index (χ3v) is 2.71. The summed E-state index contributed by atoms with van der Waals surface area (Å²) in [6, 6.07) is 11.2. The lowest BCUT2D eigenvalue weighted by Crippen LogP contribution is -2.08. The first-order valence-corrected chi connectivity index (χ1v) is 7.00. The van der Waals surface area contributed by atoms with E-state index in [-0.39, 0.29) is 0 Å². The first kappa shape index (κ1) is 16.8. The lowest BCUT2D eigenvalue weighted by molar-refractivity contribution is 0.324. The van der Waals surface area contributed by atoms with Crippen LogP contribution in [0.2, 0.25) is 0 Å². The highest BCUT2D eigenvalue weighted by atomic mass is 32.3. The van der Waals surface area contributed by atoms with E-state index in [0.29, 0.717) is 16.9 Å². The van der Waals surface area contributed by atoms with Gasteiger partial charge in [-0.2, -0.15) is 13.5 Å². The summed E-state index contributed by atoms with van der Waals surface area (Å²) in [5.41, 5.74) is 1.54. The topological polar surface area (TPSA) is 125 Å². The predicted octanol–water partition coefficient (Wildman–Crippen LogP) is 1.00. The van der Waals surface area contributed by atoms with Gasteiger partial charge in [-0.25, -0.2) is 5.10 Å². The van der Waals surface area contributed by atoms with E-state index < -0.39 is 10.4 Å². The fraction of sp³-hybridized carbons (Fsp3) is 0.167. The maximum Gasteiger partial charge on any atom is 0.397 e. The van der Waals surface area contributed by atoms with Crippen LogP contribution in [0.1, 0.15) is 0 Å². The minimum Gasteiger partial charge on any atom is -0.481 e. The van der Waals surface area contributed by atoms with Crippen LogP contribution in [0.25, 0.3) is 11.3 Å². The highest BCUT2D eigenvalue weighted by Crippen LogP contribution is 2.12. The van der Waals surface area contributed by atoms with Crippen molar-refractivity contribution >= 4 is 10.4 Å². The zero-order valence-electron chi connectivity index (χ0n) is 11.4. The molecule has 0 amide bonds. The summed E-state index contributed by atoms with van der Waals surface area (Å²) in [5.74, 6) is 0.486. The van der Waals surface area contributed by atoms with Gasteiger partial charge >= 0.3 is 10.4 Å². The van der Waals surface area contributed by atoms with Crippen molar-refractivity contribution in [2.45, 2.75) is 0 Å². The average molecular weight is 313 g/mol. The first-order valence-electron chi connectivity index (χ1n) is 5.64. The quantitative estimate of drug-likeness (QED) is 0.726. The zero-order chi connectivity index (χ0) is 15.9. The Balaban J connectivity index is 0.000000315. The lowest BCUT2D eigenvalue weighted by Gasteiger charge is -2.02. The van der Waals surface area contributed by atoms with Gasteiger partial charge in [0, 0.05) is 11.6 Å². The predicted molar refractivity (Wildman–Crippen MR) is 75.0 cm³/mol. The average Bonchev–Trinajstić information content (AvgIpc) is 2.48. The molecule has 3 N–H and O–H groups in total. The Morgan fingerprint density at radius 2 is 1.81 bits per heavy atom. The maximum atomic E-state index is 9.33. The summed E-state index contributed by atoms with van der Waals surface area (Å²) in [5, 5.41) is 14.9. The largest absolute Gasteiger partial charge is 0.481 e. The van der Waals surface area contributed by atoms with Crippen LogP contribution in [-0.4, -0.2) is 37.4 Å². The first-order chi connectivity index (χ1) is 9.87. The molecule has 0 aliphatic rings. The lowest BCUT2D eigenvalue weighted by atomic mass is 10.1. The molecule has 1 aromatic heterocycles. The summed E-state index contributed by atoms with van der Waals surface area (Å²) in [7, 11) is -1.75. The Labute approximate surface area is 121 Å². The molecule has 2 rings (SSSR count). The minimum absolute atomic E-state index is 0.344. The monoisotopic (exact) mass is 313 g/mol. The highest BCUT2D eigenvalue weighted by molar-refractivity contribution is 7.80. The van der Waals surface area contributed by atoms with Crippen LogP contribution in [-0.2, 0) is 14.6 Å². The van der Waals surface area contributed by atoms with E-state index in [2.05, 4.69) is 14.4 Å². The third-order valence-electron chi connectivity index (χ3n) is 2.29. The number of nitrogens with one attached hydrogen (secondary N) is 2. The van der Waals surface area contributed by atoms with Crippen molar-refractivity contribution in [3.63, 3.8) is 0 Å². The number of aromatic amines is 1. The van der Waals surface area contributed by atoms with Crippen LogP contribution in [0.4, 0.5) is 0 Å². The van der Waals surface area contributed by atoms with E-state index in [1.54, 1.807) is 6.07 Å². The second-order valence-electron chi connectivity index (χ2n) is 3.66. The smallest absolute Gasteiger partial charge is 0.397 e. The molecule has 0 aliphatic carbocycles. The van der Waals surface area contributed by atoms with E-state index in [9.17, 15) is 8.42 Å². The Kier molecular flexibility index (Phi) is 6.03. The van der Waals surface area contributed by atoms with E-state index in [4.69, 9.17) is 14.7 Å². The van der Waals surface area contributed by atoms with E-state index in [0.717, 1.165) is 12.7 Å². The van der Waals surface area contributed by atoms with Crippen LogP contribution in [0.5, 0.6) is 5.88 Å². The molecule has 0 atom stereocenters. The number of benzene rings is 1. The number of methoxy groups -OCH3 is 1. The van der Waals surface area contributed by atoms with Crippen molar-refractivity contribution in [3.8, 4) is 17.1 Å². The molecule has 1 aromatic carbocycles. The summed E-state index contributed by atoms with van der Waals surface area (Å²) in [6.07, 6.45) is 0. The van der Waals surface area contributed by atoms with Gasteiger partial charge in [0.15, 0.2) is 0 Å². The molecule has 0 spiro atoms. The summed E-state index contributed by atoms with van der Waals surface area (Å²) in [6.45, 7) is 0. The van der Waals surface area contributed by atoms with Crippen LogP contribution in [0.3, 0.4) is 0 Å². The zero-order valence-corrected chi connectivity index (χ0v) is 12.2. The Hall–Kier alpha value is -2.23. The summed E-state index contributed by atoms with van der Waals surface area (Å²) >= 11 is 0. The molecule has 0 saturated carbocycles. The van der Waals surface area contributed by atoms with Crippen LogP contribution < -0.4 is 10.1 Å². The van der Waals surface area contributed by atoms with Gasteiger partial charge < -0.3 is 4.74 Å². The van der Waals surface area contributed by atoms with Crippen molar-refractivity contribution in [1.82, 2.24) is 10.2 Å². The second kappa shape index (κ2) is 7.53. The van der Waals surface area contributed by atoms with Gasteiger partial charge in [0.1, 0.15) is 5.69 Å². The van der Waals surface area contributed by atoms with E-state index >= 15 is 0 Å². The standard InChI is InChI=1S/C11H11N3O.CH4O4S/c1-15-10-7-9(12)11(14-13-10)8-5-3-2-4-6-8;1-5-6(2,3)4/h2-7H,1H3,(H2,12,13);1H3,(H,2,3,4). The molecule has 0 bridgehead atoms. The molecule has 9 heteroatoms. The molecular formula is C12H15N3O5S. The van der Waals surface area contributed by atoms with Crippen molar-refractivity contribution in [1.29, 1.82) is 5.41 Å². The number of ether oxygens (including phenoxy) is 1. The number of hydrogen-bond donors (Lipinski definition) is 3. The van der Waals surface area contributed by atoms with Gasteiger partial charge in [-0.1, -0.05) is 30.3 Å². The normalized spacial score (nSPS) is 10.4. The van der Waals surface area contributed by atoms with Gasteiger partial charge in [-0.3, -0.25) is 14.1 Å². The van der Waals surface area contributed by atoms with Gasteiger partial charge in [-0.15, -0.1) is 0 Å². The van der Waals surface area contributed by atoms with Gasteiger partial charge in [-0.05, 0) is 0 Å². The molecule has 0 fully saturated rings. The van der Waals surface area contributed by atoms with Crippen molar-refractivity contribution in [2.24, 2.45) is 0 Å². The Bertz CT molecular complexity index is 728. The second-order valence-corrected chi connectivity index (χ2v) is 4.85. The van der Waals surface area contributed by atoms with E-state index in [1.165, 1.54) is 7.11 Å². The molecule has 8 nitrogen and oxygen atoms in total. The molecule has 0 aliphatic heterocycles. The number of hydrogen-bond acceptors (Lipinski definition) is 6. The van der Waals surface area contributed by atoms with Crippen molar-refractivity contribution in [2.75, 3.05) is 14.2 Å². The third kappa shape index (κ3) is 5.73. The van der Waals surface area contributed by atoms with Gasteiger partial charge in [0.2, 0.25) is 5.88 Å². The van der Waals surface area contributed by atoms with Gasteiger partial charge in [0.05, 0.1) is 19.6 Å². The van der Waals surface area contributed by atoms with Crippen molar-refractivity contribution in [3.05, 3.63) is 41.8 Å². The molecule has 0 unspecified atom stereocenters. The van der Waals surface area contributed by atoms with Gasteiger partial charge in [0.25, 0.3) is 0 Å². The fourth-order valence-electron chi connectivity index (χ4n) is 1.32. The van der Waals surface area contributed by atoms with Crippen LogP contribution >= 0.6 is 0 Å². The van der Waals surface area contributed by atoms with Crippen LogP contribution in [0, 0.1) is 5.41 Å². The SMILES string of the molecule is COS(=O)(=O)O.COc1cc(=N)c(-c2ccccc2)n[nH]1. The number of rotatable bonds is 3. The summed E-state index contributed by atoms with van der Waals surface area (Å²) < 4.78 is 34.7. The summed E-state index contributed by atoms with van der Waals surface area (Å²) in [4.78, 5) is 0. The molecule has 2 aromatic rings. The van der Waals surface area contributed by atoms with E-state index in [1.807, 2.05) is 30.3 Å². The molecule has 0 saturated heterocycles. The Morgan fingerprint density at radius 3 is 2.24 bits per heavy atom. The molecule has 114 valence electrons. The molecule has 0 radical (unpaired) electrons. The maximum absolute atomic E-state index is 9.33. The molecular weight excluding hydrogens is 298 g/mol. The number of aromatic nitrogens is 2. The highest BCUT2D eigenvalue weighted by Gasteiger charge is 2.02. The van der Waals surface area contributed by atoms with Crippen molar-refractivity contribution < 1.29 is 21.9 Å².